The Labute approximate surface area is 218 Å². The predicted molar refractivity (Wildman–Crippen MR) is 143 cm³/mol. The number of piperazine rings is 1. The van der Waals surface area contributed by atoms with Crippen molar-refractivity contribution in [2.24, 2.45) is 0 Å². The molecule has 0 spiro atoms. The average Bonchev–Trinajstić information content (AvgIpc) is 3.54. The highest BCUT2D eigenvalue weighted by Crippen LogP contribution is 2.30. The number of hydrogen-bond acceptors (Lipinski definition) is 6. The molecule has 0 atom stereocenters. The van der Waals surface area contributed by atoms with E-state index in [0.717, 1.165) is 60.3 Å². The lowest BCUT2D eigenvalue weighted by molar-refractivity contribution is 0.0138. The monoisotopic (exact) mass is 525 g/mol. The Morgan fingerprint density at radius 2 is 1.68 bits per heavy atom. The number of rotatable bonds is 5. The van der Waals surface area contributed by atoms with E-state index in [1.54, 1.807) is 27.5 Å². The molecule has 0 aliphatic carbocycles. The summed E-state index contributed by atoms with van der Waals surface area (Å²) in [7, 11) is -3.43. The van der Waals surface area contributed by atoms with Crippen LogP contribution in [0.15, 0.2) is 47.5 Å². The van der Waals surface area contributed by atoms with Crippen molar-refractivity contribution in [3.05, 3.63) is 48.3 Å². The van der Waals surface area contributed by atoms with Gasteiger partial charge in [0.1, 0.15) is 11.2 Å². The molecule has 1 aromatic carbocycles. The van der Waals surface area contributed by atoms with E-state index < -0.39 is 15.6 Å². The first-order chi connectivity index (χ1) is 17.6. The number of nitrogens with one attached hydrogen (secondary N) is 1. The van der Waals surface area contributed by atoms with Gasteiger partial charge in [-0.05, 0) is 69.0 Å². The fraction of sp³-hybridized carbons (Fsp3) is 0.481. The molecular weight excluding hydrogens is 490 g/mol. The summed E-state index contributed by atoms with van der Waals surface area (Å²) in [5.74, 6) is 0. The van der Waals surface area contributed by atoms with E-state index in [2.05, 4.69) is 20.9 Å². The first-order valence-corrected chi connectivity index (χ1v) is 14.3. The molecule has 2 aliphatic heterocycles. The number of pyridine rings is 1. The number of carbonyl (C=O) groups is 1. The lowest BCUT2D eigenvalue weighted by atomic mass is 10.0. The highest BCUT2D eigenvalue weighted by atomic mass is 32.2. The molecule has 2 aromatic heterocycles. The molecule has 0 bridgehead atoms. The van der Waals surface area contributed by atoms with E-state index in [4.69, 9.17) is 4.74 Å². The second-order valence-electron chi connectivity index (χ2n) is 10.8. The molecule has 1 amide bonds. The fourth-order valence-corrected chi connectivity index (χ4v) is 6.48. The number of carbonyl (C=O) groups excluding carboxylic acids is 1. The molecule has 0 unspecified atom stereocenters. The van der Waals surface area contributed by atoms with E-state index in [1.165, 1.54) is 0 Å². The van der Waals surface area contributed by atoms with Crippen molar-refractivity contribution in [2.45, 2.75) is 50.7 Å². The molecule has 9 nitrogen and oxygen atoms in total. The van der Waals surface area contributed by atoms with Gasteiger partial charge >= 0.3 is 6.09 Å². The van der Waals surface area contributed by atoms with Crippen molar-refractivity contribution < 1.29 is 17.9 Å². The fourth-order valence-electron chi connectivity index (χ4n) is 4.96. The Hall–Kier alpha value is -2.95. The average molecular weight is 526 g/mol. The Morgan fingerprint density at radius 1 is 1.00 bits per heavy atom. The Kier molecular flexibility index (Phi) is 6.99. The van der Waals surface area contributed by atoms with Crippen molar-refractivity contribution in [3.8, 4) is 11.1 Å². The zero-order chi connectivity index (χ0) is 26.2. The third kappa shape index (κ3) is 5.66. The van der Waals surface area contributed by atoms with Gasteiger partial charge in [0, 0.05) is 63.1 Å². The van der Waals surface area contributed by atoms with E-state index in [9.17, 15) is 13.2 Å². The molecule has 37 heavy (non-hydrogen) atoms. The molecule has 2 fully saturated rings. The summed E-state index contributed by atoms with van der Waals surface area (Å²) in [4.78, 5) is 24.7. The third-order valence-corrected chi connectivity index (χ3v) is 8.79. The number of ether oxygens (including phenoxy) is 1. The van der Waals surface area contributed by atoms with Gasteiger partial charge in [-0.25, -0.2) is 18.2 Å². The first kappa shape index (κ1) is 25.7. The van der Waals surface area contributed by atoms with Crippen molar-refractivity contribution in [3.63, 3.8) is 0 Å². The highest BCUT2D eigenvalue weighted by Gasteiger charge is 2.28. The topological polar surface area (TPSA) is 98.8 Å². The predicted octanol–water partition coefficient (Wildman–Crippen LogP) is 4.07. The number of sulfonamides is 1. The lowest BCUT2D eigenvalue weighted by Crippen LogP contribution is -2.49. The van der Waals surface area contributed by atoms with Crippen molar-refractivity contribution in [2.75, 3.05) is 39.3 Å². The summed E-state index contributed by atoms with van der Waals surface area (Å²) in [6, 6.07) is 11.2. The van der Waals surface area contributed by atoms with Crippen LogP contribution in [0.2, 0.25) is 0 Å². The molecule has 1 N–H and O–H groups in total. The van der Waals surface area contributed by atoms with Crippen LogP contribution in [0.25, 0.3) is 22.2 Å². The Bertz CT molecular complexity index is 1360. The molecule has 0 saturated carbocycles. The number of amides is 1. The quantitative estimate of drug-likeness (QED) is 0.539. The van der Waals surface area contributed by atoms with Gasteiger partial charge in [0.15, 0.2) is 0 Å². The van der Waals surface area contributed by atoms with Crippen LogP contribution in [-0.2, 0) is 21.3 Å². The smallest absolute Gasteiger partial charge is 0.410 e. The van der Waals surface area contributed by atoms with Crippen LogP contribution in [-0.4, -0.2) is 83.5 Å². The van der Waals surface area contributed by atoms with Crippen LogP contribution < -0.4 is 0 Å². The number of hydrogen-bond donors (Lipinski definition) is 1. The molecule has 5 rings (SSSR count). The SMILES string of the molecule is CC(C)(C)OC(=O)N1CCN(Cc2cc3c(-c4ccc(S(=O)(=O)N5CCCC5)cc4)ccnc3[nH]2)CC1. The number of nitrogens with zero attached hydrogens (tertiary/aromatic N) is 4. The van der Waals surface area contributed by atoms with Gasteiger partial charge in [-0.2, -0.15) is 4.31 Å². The van der Waals surface area contributed by atoms with Gasteiger partial charge in [0.05, 0.1) is 4.90 Å². The summed E-state index contributed by atoms with van der Waals surface area (Å²) < 4.78 is 32.8. The summed E-state index contributed by atoms with van der Waals surface area (Å²) in [6.45, 7) is 10.3. The maximum absolute atomic E-state index is 12.9. The molecule has 2 aliphatic rings. The van der Waals surface area contributed by atoms with Gasteiger partial charge in [0.25, 0.3) is 0 Å². The number of benzene rings is 1. The van der Waals surface area contributed by atoms with Crippen LogP contribution in [0.5, 0.6) is 0 Å². The number of aromatic amines is 1. The molecule has 198 valence electrons. The van der Waals surface area contributed by atoms with E-state index in [-0.39, 0.29) is 6.09 Å². The van der Waals surface area contributed by atoms with E-state index in [1.807, 2.05) is 39.0 Å². The van der Waals surface area contributed by atoms with Crippen molar-refractivity contribution in [1.29, 1.82) is 0 Å². The first-order valence-electron chi connectivity index (χ1n) is 12.9. The van der Waals surface area contributed by atoms with Crippen molar-refractivity contribution >= 4 is 27.1 Å². The van der Waals surface area contributed by atoms with Gasteiger partial charge in [-0.1, -0.05) is 12.1 Å². The second kappa shape index (κ2) is 10.1. The van der Waals surface area contributed by atoms with E-state index in [0.29, 0.717) is 31.1 Å². The van der Waals surface area contributed by atoms with Crippen LogP contribution in [0.3, 0.4) is 0 Å². The van der Waals surface area contributed by atoms with Crippen LogP contribution >= 0.6 is 0 Å². The standard InChI is InChI=1S/C27H35N5O4S/c1-27(2,3)36-26(33)31-16-14-30(15-17-31)19-21-18-24-23(10-11-28-25(24)29-21)20-6-8-22(9-7-20)37(34,35)32-12-4-5-13-32/h6-11,18H,4-5,12-17,19H2,1-3H3,(H,28,29). The number of H-pyrrole nitrogens is 1. The summed E-state index contributed by atoms with van der Waals surface area (Å²) in [5, 5.41) is 1.00. The Balaban J connectivity index is 1.28. The largest absolute Gasteiger partial charge is 0.444 e. The van der Waals surface area contributed by atoms with Gasteiger partial charge < -0.3 is 14.6 Å². The molecule has 3 aromatic rings. The summed E-state index contributed by atoms with van der Waals surface area (Å²) in [5.41, 5.74) is 3.31. The number of aromatic nitrogens is 2. The Morgan fingerprint density at radius 3 is 2.32 bits per heavy atom. The summed E-state index contributed by atoms with van der Waals surface area (Å²) in [6.07, 6.45) is 3.35. The van der Waals surface area contributed by atoms with Crippen LogP contribution in [0.4, 0.5) is 4.79 Å². The van der Waals surface area contributed by atoms with Crippen LogP contribution in [0.1, 0.15) is 39.3 Å². The third-order valence-electron chi connectivity index (χ3n) is 6.87. The maximum Gasteiger partial charge on any atom is 0.410 e. The molecule has 4 heterocycles. The molecule has 2 saturated heterocycles. The minimum atomic E-state index is -3.43. The van der Waals surface area contributed by atoms with Gasteiger partial charge in [-0.15, -0.1) is 0 Å². The summed E-state index contributed by atoms with van der Waals surface area (Å²) >= 11 is 0. The maximum atomic E-state index is 12.9. The molecule has 10 heteroatoms. The zero-order valence-electron chi connectivity index (χ0n) is 21.7. The molecular formula is C27H35N5O4S. The zero-order valence-corrected chi connectivity index (χ0v) is 22.6. The lowest BCUT2D eigenvalue weighted by Gasteiger charge is -2.35. The highest BCUT2D eigenvalue weighted by molar-refractivity contribution is 7.89. The number of fused-ring (bicyclic) bond motifs is 1. The minimum absolute atomic E-state index is 0.258. The molecule has 0 radical (unpaired) electrons. The van der Waals surface area contributed by atoms with Crippen molar-refractivity contribution in [1.82, 2.24) is 24.1 Å². The minimum Gasteiger partial charge on any atom is -0.444 e. The second-order valence-corrected chi connectivity index (χ2v) is 12.7. The normalized spacial score (nSPS) is 18.0. The van der Waals surface area contributed by atoms with E-state index >= 15 is 0 Å². The van der Waals surface area contributed by atoms with Gasteiger partial charge in [-0.3, -0.25) is 4.90 Å². The van der Waals surface area contributed by atoms with Crippen LogP contribution in [0, 0.1) is 0 Å². The van der Waals surface area contributed by atoms with Gasteiger partial charge in [0.2, 0.25) is 10.0 Å².